The molecule has 0 saturated heterocycles. The van der Waals surface area contributed by atoms with Gasteiger partial charge >= 0.3 is 0 Å². The van der Waals surface area contributed by atoms with E-state index in [0.29, 0.717) is 6.08 Å². The molecule has 0 aliphatic heterocycles. The number of rotatable bonds is 2. The Bertz CT molecular complexity index is 138. The lowest BCUT2D eigenvalue weighted by Gasteiger charge is -1.90. The van der Waals surface area contributed by atoms with E-state index in [1.807, 2.05) is 0 Å². The highest BCUT2D eigenvalue weighted by molar-refractivity contribution is 5.92. The summed E-state index contributed by atoms with van der Waals surface area (Å²) in [7, 11) is 0. The molecule has 0 aliphatic rings. The van der Waals surface area contributed by atoms with E-state index in [9.17, 15) is 13.6 Å². The van der Waals surface area contributed by atoms with Crippen molar-refractivity contribution in [2.45, 2.75) is 13.3 Å². The van der Waals surface area contributed by atoms with Crippen LogP contribution < -0.4 is 5.73 Å². The minimum Gasteiger partial charge on any atom is -0.402 e. The average Bonchev–Trinajstić information content (AvgIpc) is 1.63. The Hall–Kier alpha value is -0.930. The summed E-state index contributed by atoms with van der Waals surface area (Å²) in [6, 6.07) is 0. The zero-order chi connectivity index (χ0) is 7.44. The Balaban J connectivity index is 3.93. The van der Waals surface area contributed by atoms with Gasteiger partial charge in [0.2, 0.25) is 5.78 Å². The summed E-state index contributed by atoms with van der Waals surface area (Å²) in [5.41, 5.74) is 5.04. The Morgan fingerprint density at radius 2 is 2.11 bits per heavy atom. The molecule has 0 aromatic rings. The zero-order valence-electron chi connectivity index (χ0n) is 4.90. The van der Waals surface area contributed by atoms with Gasteiger partial charge in [0.25, 0.3) is 6.43 Å². The molecule has 0 fully saturated rings. The first kappa shape index (κ1) is 8.07. The number of hydrogen-bond acceptors (Lipinski definition) is 2. The number of carbonyl (C=O) groups is 1. The molecule has 2 N–H and O–H groups in total. The van der Waals surface area contributed by atoms with Crippen LogP contribution in [0.2, 0.25) is 0 Å². The summed E-state index contributed by atoms with van der Waals surface area (Å²) < 4.78 is 22.7. The summed E-state index contributed by atoms with van der Waals surface area (Å²) >= 11 is 0. The van der Waals surface area contributed by atoms with Crippen molar-refractivity contribution in [1.82, 2.24) is 0 Å². The molecule has 0 aromatic carbocycles. The second-order valence-electron chi connectivity index (χ2n) is 1.59. The van der Waals surface area contributed by atoms with E-state index >= 15 is 0 Å². The molecule has 0 aliphatic carbocycles. The maximum absolute atomic E-state index is 11.3. The van der Waals surface area contributed by atoms with E-state index < -0.39 is 12.2 Å². The van der Waals surface area contributed by atoms with Gasteiger partial charge in [-0.25, -0.2) is 8.78 Å². The fourth-order valence-electron chi connectivity index (χ4n) is 0.287. The largest absolute Gasteiger partial charge is 0.402 e. The summed E-state index contributed by atoms with van der Waals surface area (Å²) in [6.07, 6.45) is -2.23. The van der Waals surface area contributed by atoms with Crippen LogP contribution in [0.4, 0.5) is 8.78 Å². The van der Waals surface area contributed by atoms with E-state index in [2.05, 4.69) is 0 Å². The minimum absolute atomic E-state index is 0.0975. The Morgan fingerprint density at radius 1 is 1.67 bits per heavy atom. The summed E-state index contributed by atoms with van der Waals surface area (Å²) in [5, 5.41) is 0. The monoisotopic (exact) mass is 135 g/mol. The molecule has 0 saturated carbocycles. The van der Waals surface area contributed by atoms with Gasteiger partial charge in [0.05, 0.1) is 0 Å². The van der Waals surface area contributed by atoms with Crippen LogP contribution in [0.1, 0.15) is 6.92 Å². The lowest BCUT2D eigenvalue weighted by atomic mass is 10.3. The number of hydrogen-bond donors (Lipinski definition) is 1. The van der Waals surface area contributed by atoms with Gasteiger partial charge in [-0.2, -0.15) is 0 Å². The van der Waals surface area contributed by atoms with Gasteiger partial charge in [0.15, 0.2) is 0 Å². The fourth-order valence-corrected chi connectivity index (χ4v) is 0.287. The smallest absolute Gasteiger partial charge is 0.299 e. The second kappa shape index (κ2) is 3.17. The molecule has 0 unspecified atom stereocenters. The first-order valence-corrected chi connectivity index (χ1v) is 2.30. The molecule has 4 heteroatoms. The van der Waals surface area contributed by atoms with Gasteiger partial charge in [0.1, 0.15) is 0 Å². The molecule has 0 aromatic heterocycles. The fraction of sp³-hybridized carbons (Fsp3) is 0.400. The van der Waals surface area contributed by atoms with Crippen molar-refractivity contribution in [3.8, 4) is 0 Å². The lowest BCUT2D eigenvalue weighted by molar-refractivity contribution is -0.124. The van der Waals surface area contributed by atoms with Crippen molar-refractivity contribution in [3.63, 3.8) is 0 Å². The van der Waals surface area contributed by atoms with Crippen LogP contribution in [0.15, 0.2) is 11.8 Å². The van der Waals surface area contributed by atoms with Gasteiger partial charge in [-0.1, -0.05) is 0 Å². The maximum Gasteiger partial charge on any atom is 0.299 e. The zero-order valence-corrected chi connectivity index (χ0v) is 4.90. The van der Waals surface area contributed by atoms with Crippen LogP contribution in [0, 0.1) is 0 Å². The maximum atomic E-state index is 11.3. The van der Waals surface area contributed by atoms with Crippen LogP contribution >= 0.6 is 0 Å². The highest BCUT2D eigenvalue weighted by Crippen LogP contribution is 1.95. The van der Waals surface area contributed by atoms with E-state index in [1.165, 1.54) is 6.92 Å². The first-order chi connectivity index (χ1) is 4.04. The number of ketones is 1. The topological polar surface area (TPSA) is 43.1 Å². The van der Waals surface area contributed by atoms with E-state index in [4.69, 9.17) is 5.73 Å². The Morgan fingerprint density at radius 3 is 2.22 bits per heavy atom. The first-order valence-electron chi connectivity index (χ1n) is 2.30. The van der Waals surface area contributed by atoms with Gasteiger partial charge in [-0.05, 0) is 6.92 Å². The van der Waals surface area contributed by atoms with Crippen molar-refractivity contribution in [1.29, 1.82) is 0 Å². The van der Waals surface area contributed by atoms with Crippen LogP contribution in [0.5, 0.6) is 0 Å². The molecule has 52 valence electrons. The van der Waals surface area contributed by atoms with Crippen molar-refractivity contribution in [3.05, 3.63) is 11.8 Å². The van der Waals surface area contributed by atoms with E-state index in [-0.39, 0.29) is 5.70 Å². The lowest BCUT2D eigenvalue weighted by Crippen LogP contribution is -2.08. The van der Waals surface area contributed by atoms with E-state index in [0.717, 1.165) is 0 Å². The number of halogens is 2. The summed E-state index contributed by atoms with van der Waals surface area (Å²) in [5.74, 6) is -1.24. The number of alkyl halides is 2. The van der Waals surface area contributed by atoms with Gasteiger partial charge in [0, 0.05) is 11.8 Å². The molecular weight excluding hydrogens is 128 g/mol. The van der Waals surface area contributed by atoms with Gasteiger partial charge in [-0.15, -0.1) is 0 Å². The molecule has 0 amide bonds. The number of nitrogens with two attached hydrogens (primary N) is 1. The molecule has 0 atom stereocenters. The second-order valence-corrected chi connectivity index (χ2v) is 1.59. The molecule has 0 heterocycles. The standard InChI is InChI=1S/C5H7F2NO/c1-3(8)2-4(9)5(6)7/h2,5H,8H2,1H3/b3-2-. The predicted octanol–water partition coefficient (Wildman–Crippen LogP) is 0.683. The molecular formula is C5H7F2NO. The highest BCUT2D eigenvalue weighted by atomic mass is 19.3. The SMILES string of the molecule is C/C(N)=C/C(=O)C(F)F. The van der Waals surface area contributed by atoms with Crippen LogP contribution in [0.3, 0.4) is 0 Å². The predicted molar refractivity (Wildman–Crippen MR) is 29.0 cm³/mol. The molecule has 9 heavy (non-hydrogen) atoms. The summed E-state index contributed by atoms with van der Waals surface area (Å²) in [6.45, 7) is 1.38. The van der Waals surface area contributed by atoms with Crippen LogP contribution in [-0.4, -0.2) is 12.2 Å². The van der Waals surface area contributed by atoms with Crippen molar-refractivity contribution < 1.29 is 13.6 Å². The third kappa shape index (κ3) is 3.64. The minimum atomic E-state index is -2.94. The van der Waals surface area contributed by atoms with Crippen LogP contribution in [0.25, 0.3) is 0 Å². The third-order valence-electron chi connectivity index (χ3n) is 0.585. The van der Waals surface area contributed by atoms with E-state index in [1.54, 1.807) is 0 Å². The van der Waals surface area contributed by atoms with Crippen molar-refractivity contribution >= 4 is 5.78 Å². The van der Waals surface area contributed by atoms with Crippen LogP contribution in [-0.2, 0) is 4.79 Å². The third-order valence-corrected chi connectivity index (χ3v) is 0.585. The van der Waals surface area contributed by atoms with Crippen molar-refractivity contribution in [2.75, 3.05) is 0 Å². The highest BCUT2D eigenvalue weighted by Gasteiger charge is 2.10. The molecule has 0 spiro atoms. The Kier molecular flexibility index (Phi) is 2.84. The normalized spacial score (nSPS) is 12.2. The molecule has 0 rings (SSSR count). The Labute approximate surface area is 51.3 Å². The molecule has 2 nitrogen and oxygen atoms in total. The van der Waals surface area contributed by atoms with Gasteiger partial charge in [-0.3, -0.25) is 4.79 Å². The van der Waals surface area contributed by atoms with Crippen molar-refractivity contribution in [2.24, 2.45) is 5.73 Å². The number of allylic oxidation sites excluding steroid dienone is 2. The molecule has 0 bridgehead atoms. The quantitative estimate of drug-likeness (QED) is 0.566. The summed E-state index contributed by atoms with van der Waals surface area (Å²) in [4.78, 5) is 10.0. The number of carbonyl (C=O) groups excluding carboxylic acids is 1. The average molecular weight is 135 g/mol. The molecule has 0 radical (unpaired) electrons. The van der Waals surface area contributed by atoms with Gasteiger partial charge < -0.3 is 5.73 Å².